The van der Waals surface area contributed by atoms with Gasteiger partial charge in [0.25, 0.3) is 0 Å². The lowest BCUT2D eigenvalue weighted by Gasteiger charge is -2.01. The highest BCUT2D eigenvalue weighted by molar-refractivity contribution is 8.21. The van der Waals surface area contributed by atoms with E-state index >= 15 is 0 Å². The molecule has 3 nitrogen and oxygen atoms in total. The van der Waals surface area contributed by atoms with Crippen molar-refractivity contribution in [1.29, 1.82) is 0 Å². The molecule has 0 saturated carbocycles. The second-order valence-electron chi connectivity index (χ2n) is 2.83. The van der Waals surface area contributed by atoms with Crippen LogP contribution in [0.3, 0.4) is 0 Å². The predicted octanol–water partition coefficient (Wildman–Crippen LogP) is 3.61. The quantitative estimate of drug-likeness (QED) is 0.622. The lowest BCUT2D eigenvalue weighted by atomic mass is 10.1. The number of nitrogens with zero attached hydrogens (tertiary/aromatic N) is 1. The van der Waals surface area contributed by atoms with Crippen molar-refractivity contribution in [1.82, 2.24) is 0 Å². The molecule has 0 saturated heterocycles. The van der Waals surface area contributed by atoms with Crippen LogP contribution in [0.1, 0.15) is 12.0 Å². The molecule has 0 amide bonds. The van der Waals surface area contributed by atoms with Gasteiger partial charge in [0.2, 0.25) is 0 Å². The fourth-order valence-electron chi connectivity index (χ4n) is 1.13. The van der Waals surface area contributed by atoms with Crippen molar-refractivity contribution in [2.24, 2.45) is 5.18 Å². The Hall–Kier alpha value is -0.740. The molecule has 0 aliphatic carbocycles. The molecule has 5 heteroatoms. The molecule has 14 heavy (non-hydrogen) atoms. The summed E-state index contributed by atoms with van der Waals surface area (Å²) in [6.07, 6.45) is 1.78. The first kappa shape index (κ1) is 11.3. The standard InChI is InChI=1S/C9H10ClNO2S/c10-14-5-1-2-7-3-4-9(12)8(6-7)11-13/h3-4,6,12H,1-2,5H2. The number of halogens is 1. The van der Waals surface area contributed by atoms with E-state index in [1.165, 1.54) is 17.0 Å². The van der Waals surface area contributed by atoms with Crippen LogP contribution in [0, 0.1) is 4.91 Å². The van der Waals surface area contributed by atoms with Crippen LogP contribution in [0.15, 0.2) is 23.4 Å². The van der Waals surface area contributed by atoms with Crippen LogP contribution in [-0.2, 0) is 6.42 Å². The SMILES string of the molecule is O=Nc1cc(CCCSCl)ccc1O. The number of benzene rings is 1. The molecule has 0 bridgehead atoms. The number of phenolic OH excluding ortho intramolecular Hbond substituents is 1. The molecule has 1 N–H and O–H groups in total. The van der Waals surface area contributed by atoms with E-state index < -0.39 is 0 Å². The number of aryl methyl sites for hydroxylation is 1. The number of hydrogen-bond donors (Lipinski definition) is 1. The third-order valence-corrected chi connectivity index (χ3v) is 2.73. The van der Waals surface area contributed by atoms with Gasteiger partial charge in [-0.1, -0.05) is 17.0 Å². The van der Waals surface area contributed by atoms with Gasteiger partial charge in [0.15, 0.2) is 0 Å². The lowest BCUT2D eigenvalue weighted by molar-refractivity contribution is 0.476. The minimum absolute atomic E-state index is 0.0736. The van der Waals surface area contributed by atoms with E-state index in [-0.39, 0.29) is 11.4 Å². The molecule has 1 aromatic carbocycles. The normalized spacial score (nSPS) is 10.1. The molecule has 0 spiro atoms. The first-order valence-corrected chi connectivity index (χ1v) is 5.98. The second-order valence-corrected chi connectivity index (χ2v) is 4.11. The average Bonchev–Trinajstić information content (AvgIpc) is 2.21. The summed E-state index contributed by atoms with van der Waals surface area (Å²) >= 11 is 0. The fourth-order valence-corrected chi connectivity index (χ4v) is 1.71. The van der Waals surface area contributed by atoms with Crippen LogP contribution in [-0.4, -0.2) is 10.9 Å². The van der Waals surface area contributed by atoms with E-state index in [9.17, 15) is 10.0 Å². The van der Waals surface area contributed by atoms with E-state index in [2.05, 4.69) is 5.18 Å². The maximum atomic E-state index is 10.3. The Labute approximate surface area is 90.9 Å². The van der Waals surface area contributed by atoms with Crippen LogP contribution in [0.25, 0.3) is 0 Å². The summed E-state index contributed by atoms with van der Waals surface area (Å²) in [5, 5.41) is 11.9. The van der Waals surface area contributed by atoms with Gasteiger partial charge in [-0.15, -0.1) is 4.91 Å². The summed E-state index contributed by atoms with van der Waals surface area (Å²) in [6.45, 7) is 0. The summed E-state index contributed by atoms with van der Waals surface area (Å²) in [6, 6.07) is 4.87. The second kappa shape index (κ2) is 5.88. The average molecular weight is 232 g/mol. The van der Waals surface area contributed by atoms with E-state index in [1.807, 2.05) is 0 Å². The van der Waals surface area contributed by atoms with Gasteiger partial charge in [-0.3, -0.25) is 0 Å². The highest BCUT2D eigenvalue weighted by atomic mass is 35.7. The third kappa shape index (κ3) is 3.20. The Morgan fingerprint density at radius 3 is 2.93 bits per heavy atom. The smallest absolute Gasteiger partial charge is 0.149 e. The van der Waals surface area contributed by atoms with Crippen LogP contribution in [0.2, 0.25) is 0 Å². The number of nitroso groups, excluding NO2 is 1. The van der Waals surface area contributed by atoms with E-state index in [4.69, 9.17) is 10.7 Å². The summed E-state index contributed by atoms with van der Waals surface area (Å²) < 4.78 is 0. The van der Waals surface area contributed by atoms with Crippen LogP contribution in [0.5, 0.6) is 5.75 Å². The molecule has 0 atom stereocenters. The zero-order chi connectivity index (χ0) is 10.4. The summed E-state index contributed by atoms with van der Waals surface area (Å²) in [4.78, 5) is 10.3. The molecule has 0 heterocycles. The number of rotatable bonds is 5. The van der Waals surface area contributed by atoms with Crippen molar-refractivity contribution in [3.63, 3.8) is 0 Å². The molecule has 1 rings (SSSR count). The van der Waals surface area contributed by atoms with Gasteiger partial charge in [0, 0.05) is 5.75 Å². The number of phenols is 1. The summed E-state index contributed by atoms with van der Waals surface area (Å²) in [7, 11) is 6.73. The van der Waals surface area contributed by atoms with Crippen LogP contribution < -0.4 is 0 Å². The predicted molar refractivity (Wildman–Crippen MR) is 60.2 cm³/mol. The fraction of sp³-hybridized carbons (Fsp3) is 0.333. The van der Waals surface area contributed by atoms with Crippen molar-refractivity contribution in [2.75, 3.05) is 5.75 Å². The zero-order valence-electron chi connectivity index (χ0n) is 7.44. The van der Waals surface area contributed by atoms with Gasteiger partial charge in [-0.2, -0.15) is 0 Å². The maximum Gasteiger partial charge on any atom is 0.149 e. The van der Waals surface area contributed by atoms with E-state index in [0.717, 1.165) is 24.2 Å². The Kier molecular flexibility index (Phi) is 4.76. The Balaban J connectivity index is 2.64. The zero-order valence-corrected chi connectivity index (χ0v) is 9.01. The maximum absolute atomic E-state index is 10.3. The first-order valence-electron chi connectivity index (χ1n) is 4.16. The molecule has 76 valence electrons. The third-order valence-electron chi connectivity index (χ3n) is 1.83. The molecule has 0 aliphatic rings. The van der Waals surface area contributed by atoms with E-state index in [1.54, 1.807) is 12.1 Å². The Morgan fingerprint density at radius 1 is 1.50 bits per heavy atom. The number of aromatic hydroxyl groups is 1. The van der Waals surface area contributed by atoms with Crippen molar-refractivity contribution < 1.29 is 5.11 Å². The topological polar surface area (TPSA) is 49.7 Å². The van der Waals surface area contributed by atoms with E-state index in [0.29, 0.717) is 0 Å². The lowest BCUT2D eigenvalue weighted by Crippen LogP contribution is -1.86. The van der Waals surface area contributed by atoms with Gasteiger partial charge in [0.05, 0.1) is 0 Å². The van der Waals surface area contributed by atoms with Crippen molar-refractivity contribution in [3.05, 3.63) is 28.7 Å². The minimum atomic E-state index is -0.0736. The molecule has 0 radical (unpaired) electrons. The van der Waals surface area contributed by atoms with Crippen molar-refractivity contribution in [3.8, 4) is 5.75 Å². The highest BCUT2D eigenvalue weighted by Crippen LogP contribution is 2.27. The van der Waals surface area contributed by atoms with Crippen LogP contribution in [0.4, 0.5) is 5.69 Å². The number of hydrogen-bond acceptors (Lipinski definition) is 4. The molecule has 0 aliphatic heterocycles. The molecule has 0 aromatic heterocycles. The van der Waals surface area contributed by atoms with Crippen LogP contribution >= 0.6 is 21.7 Å². The molecule has 1 aromatic rings. The molecular formula is C9H10ClNO2S. The first-order chi connectivity index (χ1) is 6.77. The Bertz CT molecular complexity index is 320. The monoisotopic (exact) mass is 231 g/mol. The van der Waals surface area contributed by atoms with Crippen molar-refractivity contribution in [2.45, 2.75) is 12.8 Å². The van der Waals surface area contributed by atoms with Gasteiger partial charge in [0.1, 0.15) is 11.4 Å². The molecule has 0 unspecified atom stereocenters. The minimum Gasteiger partial charge on any atom is -0.506 e. The molecular weight excluding hydrogens is 222 g/mol. The summed E-state index contributed by atoms with van der Waals surface area (Å²) in [5.74, 6) is 0.794. The van der Waals surface area contributed by atoms with Crippen molar-refractivity contribution >= 4 is 27.3 Å². The largest absolute Gasteiger partial charge is 0.506 e. The Morgan fingerprint density at radius 2 is 2.29 bits per heavy atom. The van der Waals surface area contributed by atoms with Gasteiger partial charge >= 0.3 is 0 Å². The molecule has 0 fully saturated rings. The summed E-state index contributed by atoms with van der Waals surface area (Å²) in [5.41, 5.74) is 1.09. The van der Waals surface area contributed by atoms with Gasteiger partial charge < -0.3 is 5.11 Å². The van der Waals surface area contributed by atoms with Gasteiger partial charge in [-0.25, -0.2) is 0 Å². The van der Waals surface area contributed by atoms with Gasteiger partial charge in [-0.05, 0) is 46.4 Å². The highest BCUT2D eigenvalue weighted by Gasteiger charge is 2.02.